The molecular formula is C13H17NO3. The van der Waals surface area contributed by atoms with Crippen molar-refractivity contribution in [1.82, 2.24) is 5.32 Å². The van der Waals surface area contributed by atoms with Gasteiger partial charge in [-0.25, -0.2) is 0 Å². The van der Waals surface area contributed by atoms with Gasteiger partial charge in [-0.2, -0.15) is 0 Å². The SMILES string of the molecule is COc1ccc(/C=C/C(=O)NCCCO)cc1. The molecule has 0 bridgehead atoms. The Kier molecular flexibility index (Phi) is 5.82. The Morgan fingerprint density at radius 3 is 2.71 bits per heavy atom. The fourth-order valence-electron chi connectivity index (χ4n) is 1.24. The zero-order valence-corrected chi connectivity index (χ0v) is 9.85. The molecule has 0 saturated carbocycles. The number of amides is 1. The minimum atomic E-state index is -0.158. The van der Waals surface area contributed by atoms with Gasteiger partial charge in [-0.05, 0) is 30.2 Å². The van der Waals surface area contributed by atoms with Crippen molar-refractivity contribution in [2.24, 2.45) is 0 Å². The molecule has 0 aliphatic carbocycles. The van der Waals surface area contributed by atoms with Crippen molar-refractivity contribution in [2.75, 3.05) is 20.3 Å². The predicted octanol–water partition coefficient (Wildman–Crippen LogP) is 1.21. The molecule has 1 amide bonds. The first-order valence-electron chi connectivity index (χ1n) is 5.47. The number of benzene rings is 1. The van der Waals surface area contributed by atoms with Crippen LogP contribution in [0.15, 0.2) is 30.3 Å². The molecular weight excluding hydrogens is 218 g/mol. The maximum Gasteiger partial charge on any atom is 0.244 e. The monoisotopic (exact) mass is 235 g/mol. The molecule has 1 aromatic carbocycles. The van der Waals surface area contributed by atoms with Crippen LogP contribution >= 0.6 is 0 Å². The molecule has 17 heavy (non-hydrogen) atoms. The van der Waals surface area contributed by atoms with Gasteiger partial charge < -0.3 is 15.2 Å². The first kappa shape index (κ1) is 13.3. The van der Waals surface area contributed by atoms with Gasteiger partial charge in [0.2, 0.25) is 5.91 Å². The molecule has 0 spiro atoms. The van der Waals surface area contributed by atoms with E-state index in [4.69, 9.17) is 9.84 Å². The van der Waals surface area contributed by atoms with E-state index in [1.807, 2.05) is 24.3 Å². The molecule has 0 fully saturated rings. The summed E-state index contributed by atoms with van der Waals surface area (Å²) in [5.74, 6) is 0.629. The Balaban J connectivity index is 2.43. The highest BCUT2D eigenvalue weighted by Crippen LogP contribution is 2.11. The van der Waals surface area contributed by atoms with E-state index in [0.29, 0.717) is 13.0 Å². The number of hydrogen-bond donors (Lipinski definition) is 2. The summed E-state index contributed by atoms with van der Waals surface area (Å²) in [6.45, 7) is 0.574. The fraction of sp³-hybridized carbons (Fsp3) is 0.308. The molecule has 1 rings (SSSR count). The number of rotatable bonds is 6. The molecule has 4 heteroatoms. The van der Waals surface area contributed by atoms with Crippen molar-refractivity contribution < 1.29 is 14.6 Å². The lowest BCUT2D eigenvalue weighted by atomic mass is 10.2. The maximum absolute atomic E-state index is 11.3. The van der Waals surface area contributed by atoms with Gasteiger partial charge in [0.1, 0.15) is 5.75 Å². The van der Waals surface area contributed by atoms with Crippen LogP contribution in [0.5, 0.6) is 5.75 Å². The Morgan fingerprint density at radius 1 is 1.41 bits per heavy atom. The first-order chi connectivity index (χ1) is 8.26. The van der Waals surface area contributed by atoms with E-state index >= 15 is 0 Å². The van der Waals surface area contributed by atoms with Gasteiger partial charge in [-0.3, -0.25) is 4.79 Å². The summed E-state index contributed by atoms with van der Waals surface area (Å²) < 4.78 is 5.03. The molecule has 92 valence electrons. The summed E-state index contributed by atoms with van der Waals surface area (Å²) in [7, 11) is 1.61. The number of aliphatic hydroxyl groups excluding tert-OH is 1. The number of methoxy groups -OCH3 is 1. The number of carbonyl (C=O) groups excluding carboxylic acids is 1. The number of carbonyl (C=O) groups is 1. The molecule has 0 aliphatic heterocycles. The van der Waals surface area contributed by atoms with Gasteiger partial charge in [0.05, 0.1) is 7.11 Å². The minimum Gasteiger partial charge on any atom is -0.497 e. The van der Waals surface area contributed by atoms with E-state index in [2.05, 4.69) is 5.32 Å². The summed E-state index contributed by atoms with van der Waals surface area (Å²) in [6, 6.07) is 7.42. The number of aliphatic hydroxyl groups is 1. The van der Waals surface area contributed by atoms with Crippen LogP contribution in [-0.4, -0.2) is 31.3 Å². The predicted molar refractivity (Wildman–Crippen MR) is 66.7 cm³/mol. The molecule has 0 unspecified atom stereocenters. The molecule has 0 saturated heterocycles. The third kappa shape index (κ3) is 5.17. The van der Waals surface area contributed by atoms with Crippen LogP contribution in [0.25, 0.3) is 6.08 Å². The Hall–Kier alpha value is -1.81. The van der Waals surface area contributed by atoms with Crippen molar-refractivity contribution in [1.29, 1.82) is 0 Å². The number of hydrogen-bond acceptors (Lipinski definition) is 3. The van der Waals surface area contributed by atoms with Crippen LogP contribution in [0.2, 0.25) is 0 Å². The normalized spacial score (nSPS) is 10.5. The summed E-state index contributed by atoms with van der Waals surface area (Å²) in [5, 5.41) is 11.2. The van der Waals surface area contributed by atoms with Gasteiger partial charge >= 0.3 is 0 Å². The largest absolute Gasteiger partial charge is 0.497 e. The van der Waals surface area contributed by atoms with Gasteiger partial charge in [0, 0.05) is 19.2 Å². The van der Waals surface area contributed by atoms with Crippen LogP contribution in [0.3, 0.4) is 0 Å². The van der Waals surface area contributed by atoms with Crippen LogP contribution < -0.4 is 10.1 Å². The van der Waals surface area contributed by atoms with Gasteiger partial charge in [-0.15, -0.1) is 0 Å². The van der Waals surface area contributed by atoms with E-state index in [0.717, 1.165) is 11.3 Å². The molecule has 0 aliphatic rings. The standard InChI is InChI=1S/C13H17NO3/c1-17-12-6-3-11(4-7-12)5-8-13(16)14-9-2-10-15/h3-8,15H,2,9-10H2,1H3,(H,14,16)/b8-5+. The van der Waals surface area contributed by atoms with E-state index < -0.39 is 0 Å². The molecule has 4 nitrogen and oxygen atoms in total. The zero-order chi connectivity index (χ0) is 12.5. The quantitative estimate of drug-likeness (QED) is 0.575. The highest BCUT2D eigenvalue weighted by molar-refractivity contribution is 5.91. The number of nitrogens with one attached hydrogen (secondary N) is 1. The van der Waals surface area contributed by atoms with Gasteiger partial charge in [-0.1, -0.05) is 12.1 Å². The molecule has 0 heterocycles. The minimum absolute atomic E-state index is 0.0858. The van der Waals surface area contributed by atoms with Crippen molar-refractivity contribution >= 4 is 12.0 Å². The van der Waals surface area contributed by atoms with Crippen molar-refractivity contribution in [3.8, 4) is 5.75 Å². The lowest BCUT2D eigenvalue weighted by Crippen LogP contribution is -2.22. The third-order valence-corrected chi connectivity index (χ3v) is 2.18. The average Bonchev–Trinajstić information content (AvgIpc) is 2.37. The lowest BCUT2D eigenvalue weighted by Gasteiger charge is -2.00. The molecule has 0 aromatic heterocycles. The summed E-state index contributed by atoms with van der Waals surface area (Å²) in [5.41, 5.74) is 0.933. The molecule has 1 aromatic rings. The Bertz CT molecular complexity index is 371. The summed E-state index contributed by atoms with van der Waals surface area (Å²) in [6.07, 6.45) is 3.77. The zero-order valence-electron chi connectivity index (χ0n) is 9.85. The van der Waals surface area contributed by atoms with Crippen LogP contribution in [0.4, 0.5) is 0 Å². The topological polar surface area (TPSA) is 58.6 Å². The second-order valence-electron chi connectivity index (χ2n) is 3.47. The van der Waals surface area contributed by atoms with Gasteiger partial charge in [0.25, 0.3) is 0 Å². The maximum atomic E-state index is 11.3. The first-order valence-corrected chi connectivity index (χ1v) is 5.47. The van der Waals surface area contributed by atoms with Crippen LogP contribution in [0, 0.1) is 0 Å². The van der Waals surface area contributed by atoms with Crippen molar-refractivity contribution in [3.63, 3.8) is 0 Å². The van der Waals surface area contributed by atoms with E-state index in [1.54, 1.807) is 13.2 Å². The summed E-state index contributed by atoms with van der Waals surface area (Å²) in [4.78, 5) is 11.3. The second kappa shape index (κ2) is 7.46. The van der Waals surface area contributed by atoms with E-state index in [-0.39, 0.29) is 12.5 Å². The summed E-state index contributed by atoms with van der Waals surface area (Å²) >= 11 is 0. The fourth-order valence-corrected chi connectivity index (χ4v) is 1.24. The van der Waals surface area contributed by atoms with Crippen LogP contribution in [-0.2, 0) is 4.79 Å². The Labute approximate surface area is 101 Å². The van der Waals surface area contributed by atoms with Crippen molar-refractivity contribution in [2.45, 2.75) is 6.42 Å². The smallest absolute Gasteiger partial charge is 0.244 e. The third-order valence-electron chi connectivity index (χ3n) is 2.18. The van der Waals surface area contributed by atoms with Gasteiger partial charge in [0.15, 0.2) is 0 Å². The molecule has 0 atom stereocenters. The lowest BCUT2D eigenvalue weighted by molar-refractivity contribution is -0.116. The number of ether oxygens (including phenoxy) is 1. The molecule has 0 radical (unpaired) electrons. The average molecular weight is 235 g/mol. The van der Waals surface area contributed by atoms with Crippen LogP contribution in [0.1, 0.15) is 12.0 Å². The van der Waals surface area contributed by atoms with Crippen molar-refractivity contribution in [3.05, 3.63) is 35.9 Å². The molecule has 2 N–H and O–H groups in total. The van der Waals surface area contributed by atoms with E-state index in [9.17, 15) is 4.79 Å². The second-order valence-corrected chi connectivity index (χ2v) is 3.47. The van der Waals surface area contributed by atoms with E-state index in [1.165, 1.54) is 6.08 Å². The highest BCUT2D eigenvalue weighted by atomic mass is 16.5. The Morgan fingerprint density at radius 2 is 2.12 bits per heavy atom. The highest BCUT2D eigenvalue weighted by Gasteiger charge is 1.94.